The topological polar surface area (TPSA) is 48.5 Å². The first-order valence-corrected chi connectivity index (χ1v) is 20.4. The van der Waals surface area contributed by atoms with E-state index < -0.39 is 0 Å². The van der Waals surface area contributed by atoms with E-state index in [-0.39, 0.29) is 0 Å². The molecule has 0 bridgehead atoms. The van der Waals surface area contributed by atoms with Crippen LogP contribution in [0.1, 0.15) is 0 Å². The van der Waals surface area contributed by atoms with Gasteiger partial charge in [-0.25, -0.2) is 4.98 Å². The van der Waals surface area contributed by atoms with Gasteiger partial charge in [-0.1, -0.05) is 152 Å². The molecule has 0 aliphatic carbocycles. The first-order chi connectivity index (χ1) is 29.7. The number of fused-ring (bicyclic) bond motifs is 5. The molecular formula is C55H33N5. The van der Waals surface area contributed by atoms with Crippen LogP contribution in [0.5, 0.6) is 0 Å². The van der Waals surface area contributed by atoms with E-state index in [4.69, 9.17) is 15.0 Å². The number of rotatable bonds is 5. The maximum Gasteiger partial charge on any atom is 0.238 e. The molecule has 5 nitrogen and oxygen atoms in total. The fraction of sp³-hybridized carbons (Fsp3) is 0. The lowest BCUT2D eigenvalue weighted by molar-refractivity contribution is 0.955. The van der Waals surface area contributed by atoms with Crippen molar-refractivity contribution >= 4 is 75.9 Å². The molecule has 3 heterocycles. The van der Waals surface area contributed by atoms with Gasteiger partial charge in [0, 0.05) is 38.4 Å². The largest absolute Gasteiger partial charge is 0.309 e. The molecule has 0 aliphatic rings. The highest BCUT2D eigenvalue weighted by molar-refractivity contribution is 6.25. The molecule has 13 aromatic rings. The van der Waals surface area contributed by atoms with Gasteiger partial charge >= 0.3 is 0 Å². The van der Waals surface area contributed by atoms with Crippen LogP contribution in [0.15, 0.2) is 200 Å². The van der Waals surface area contributed by atoms with E-state index in [0.29, 0.717) is 17.6 Å². The third-order valence-electron chi connectivity index (χ3n) is 12.3. The summed E-state index contributed by atoms with van der Waals surface area (Å²) in [5, 5.41) is 11.8. The van der Waals surface area contributed by atoms with Crippen LogP contribution in [0.2, 0.25) is 0 Å². The Kier molecular flexibility index (Phi) is 6.95. The van der Waals surface area contributed by atoms with Gasteiger partial charge in [-0.05, 0) is 92.0 Å². The third-order valence-corrected chi connectivity index (χ3v) is 12.3. The minimum atomic E-state index is 0.578. The Labute approximate surface area is 344 Å². The summed E-state index contributed by atoms with van der Waals surface area (Å²) in [7, 11) is 0. The van der Waals surface area contributed by atoms with Crippen molar-refractivity contribution in [2.45, 2.75) is 0 Å². The van der Waals surface area contributed by atoms with Crippen LogP contribution in [0, 0.1) is 0 Å². The minimum absolute atomic E-state index is 0.578. The summed E-state index contributed by atoms with van der Waals surface area (Å²) in [6.45, 7) is 0. The van der Waals surface area contributed by atoms with Gasteiger partial charge in [0.2, 0.25) is 5.95 Å². The summed E-state index contributed by atoms with van der Waals surface area (Å²) in [5.74, 6) is 1.85. The maximum absolute atomic E-state index is 5.33. The smallest absolute Gasteiger partial charge is 0.238 e. The molecule has 0 saturated heterocycles. The second-order valence-electron chi connectivity index (χ2n) is 15.6. The molecule has 60 heavy (non-hydrogen) atoms. The number of hydrogen-bond acceptors (Lipinski definition) is 3. The van der Waals surface area contributed by atoms with Crippen molar-refractivity contribution in [2.75, 3.05) is 0 Å². The van der Waals surface area contributed by atoms with Crippen LogP contribution in [0.25, 0.3) is 121 Å². The quantitative estimate of drug-likeness (QED) is 0.164. The second-order valence-corrected chi connectivity index (χ2v) is 15.6. The number of nitrogens with zero attached hydrogens (tertiary/aromatic N) is 5. The summed E-state index contributed by atoms with van der Waals surface area (Å²) < 4.78 is 4.63. The second kappa shape index (κ2) is 12.7. The molecule has 0 saturated carbocycles. The number of para-hydroxylation sites is 2. The number of hydrogen-bond donors (Lipinski definition) is 0. The molecule has 0 amide bonds. The Bertz CT molecular complexity index is 3730. The van der Waals surface area contributed by atoms with E-state index in [1.807, 2.05) is 0 Å². The van der Waals surface area contributed by atoms with Gasteiger partial charge in [0.15, 0.2) is 11.6 Å². The summed E-state index contributed by atoms with van der Waals surface area (Å²) in [5.41, 5.74) is 9.90. The van der Waals surface area contributed by atoms with E-state index in [0.717, 1.165) is 65.7 Å². The highest BCUT2D eigenvalue weighted by Gasteiger charge is 2.22. The molecule has 13 rings (SSSR count). The van der Waals surface area contributed by atoms with Crippen molar-refractivity contribution in [1.82, 2.24) is 24.1 Å². The van der Waals surface area contributed by atoms with Crippen LogP contribution in [-0.4, -0.2) is 24.1 Å². The molecular weight excluding hydrogens is 731 g/mol. The SMILES string of the molecule is c1ccc(-n2c3cccc4ccc5cc(-c6ccc7c(c6)c6ccccc6n7-c6nc(-c7cccc8ccccc78)nc(-c7cccc8ccccc78)n6)cc2c5c43)cc1. The van der Waals surface area contributed by atoms with Crippen LogP contribution in [0.4, 0.5) is 0 Å². The first kappa shape index (κ1) is 32.9. The highest BCUT2D eigenvalue weighted by atomic mass is 15.2. The Morgan fingerprint density at radius 2 is 0.867 bits per heavy atom. The predicted molar refractivity (Wildman–Crippen MR) is 249 cm³/mol. The molecule has 0 atom stereocenters. The van der Waals surface area contributed by atoms with Crippen LogP contribution in [0.3, 0.4) is 0 Å². The molecule has 0 N–H and O–H groups in total. The lowest BCUT2D eigenvalue weighted by Crippen LogP contribution is -2.06. The van der Waals surface area contributed by atoms with Crippen molar-refractivity contribution < 1.29 is 0 Å². The van der Waals surface area contributed by atoms with Gasteiger partial charge < -0.3 is 4.57 Å². The molecule has 3 aromatic heterocycles. The Hall–Kier alpha value is -8.15. The van der Waals surface area contributed by atoms with E-state index in [9.17, 15) is 0 Å². The van der Waals surface area contributed by atoms with Gasteiger partial charge in [-0.3, -0.25) is 4.57 Å². The molecule has 10 aromatic carbocycles. The number of benzene rings is 10. The Balaban J connectivity index is 1.06. The fourth-order valence-corrected chi connectivity index (χ4v) is 9.63. The molecule has 0 radical (unpaired) electrons. The third kappa shape index (κ3) is 4.84. The molecule has 0 aliphatic heterocycles. The highest BCUT2D eigenvalue weighted by Crippen LogP contribution is 2.42. The average molecular weight is 764 g/mol. The van der Waals surface area contributed by atoms with Gasteiger partial charge in [-0.15, -0.1) is 0 Å². The Morgan fingerprint density at radius 1 is 0.300 bits per heavy atom. The van der Waals surface area contributed by atoms with Crippen molar-refractivity contribution in [3.63, 3.8) is 0 Å². The zero-order chi connectivity index (χ0) is 39.3. The van der Waals surface area contributed by atoms with Crippen LogP contribution >= 0.6 is 0 Å². The monoisotopic (exact) mass is 763 g/mol. The zero-order valence-corrected chi connectivity index (χ0v) is 32.3. The van der Waals surface area contributed by atoms with Gasteiger partial charge in [0.25, 0.3) is 0 Å². The minimum Gasteiger partial charge on any atom is -0.309 e. The van der Waals surface area contributed by atoms with E-state index in [1.54, 1.807) is 0 Å². The van der Waals surface area contributed by atoms with E-state index in [2.05, 4.69) is 209 Å². The molecule has 0 fully saturated rings. The first-order valence-electron chi connectivity index (χ1n) is 20.4. The maximum atomic E-state index is 5.33. The molecule has 0 unspecified atom stereocenters. The van der Waals surface area contributed by atoms with Crippen LogP contribution < -0.4 is 0 Å². The van der Waals surface area contributed by atoms with E-state index in [1.165, 1.54) is 38.1 Å². The van der Waals surface area contributed by atoms with Crippen molar-refractivity contribution in [3.8, 4) is 45.5 Å². The van der Waals surface area contributed by atoms with Crippen molar-refractivity contribution in [2.24, 2.45) is 0 Å². The lowest BCUT2D eigenvalue weighted by atomic mass is 9.96. The van der Waals surface area contributed by atoms with Gasteiger partial charge in [0.05, 0.1) is 22.1 Å². The van der Waals surface area contributed by atoms with Crippen LogP contribution in [-0.2, 0) is 0 Å². The molecule has 0 spiro atoms. The lowest BCUT2D eigenvalue weighted by Gasteiger charge is -2.13. The summed E-state index contributed by atoms with van der Waals surface area (Å²) in [6, 6.07) is 71.5. The van der Waals surface area contributed by atoms with Gasteiger partial charge in [-0.2, -0.15) is 9.97 Å². The zero-order valence-electron chi connectivity index (χ0n) is 32.3. The predicted octanol–water partition coefficient (Wildman–Crippen LogP) is 14.0. The Morgan fingerprint density at radius 3 is 1.62 bits per heavy atom. The van der Waals surface area contributed by atoms with Crippen molar-refractivity contribution in [3.05, 3.63) is 200 Å². The average Bonchev–Trinajstić information content (AvgIpc) is 3.84. The summed E-state index contributed by atoms with van der Waals surface area (Å²) >= 11 is 0. The summed E-state index contributed by atoms with van der Waals surface area (Å²) in [4.78, 5) is 15.9. The van der Waals surface area contributed by atoms with Crippen molar-refractivity contribution in [1.29, 1.82) is 0 Å². The summed E-state index contributed by atoms with van der Waals surface area (Å²) in [6.07, 6.45) is 0. The van der Waals surface area contributed by atoms with E-state index >= 15 is 0 Å². The standard InChI is InChI=1S/C55H33N5/c1-2-18-40(19-3-1)59-49-26-12-17-36-27-28-38-31-39(33-50(59)52(38)51(36)49)37-29-30-48-46(32-37)43-22-8-9-25-47(43)60(48)55-57-53(44-23-10-15-34-13-4-6-20-41(34)44)56-54(58-55)45-24-11-16-35-14-5-7-21-42(35)45/h1-33H. The van der Waals surface area contributed by atoms with Gasteiger partial charge in [0.1, 0.15) is 0 Å². The molecule has 278 valence electrons. The molecule has 5 heteroatoms. The normalized spacial score (nSPS) is 12.0. The number of aromatic nitrogens is 5. The fourth-order valence-electron chi connectivity index (χ4n) is 9.63.